The lowest BCUT2D eigenvalue weighted by Gasteiger charge is -2.12. The minimum absolute atomic E-state index is 0.120. The van der Waals surface area contributed by atoms with Crippen LogP contribution in [0.3, 0.4) is 0 Å². The summed E-state index contributed by atoms with van der Waals surface area (Å²) in [6.45, 7) is 0.561. The van der Waals surface area contributed by atoms with Gasteiger partial charge in [0, 0.05) is 0 Å². The van der Waals surface area contributed by atoms with Crippen LogP contribution in [-0.4, -0.2) is 27.4 Å². The SMILES string of the molecule is O=c1c2ccsc2ncn1C[C@@H](O)COCc1ccco1. The summed E-state index contributed by atoms with van der Waals surface area (Å²) in [6, 6.07) is 5.31. The van der Waals surface area contributed by atoms with Crippen LogP contribution in [0.15, 0.2) is 45.4 Å². The largest absolute Gasteiger partial charge is 0.467 e. The van der Waals surface area contributed by atoms with Crippen molar-refractivity contribution < 1.29 is 14.3 Å². The summed E-state index contributed by atoms with van der Waals surface area (Å²) in [5.74, 6) is 0.695. The van der Waals surface area contributed by atoms with Gasteiger partial charge in [-0.05, 0) is 23.6 Å². The number of hydrogen-bond donors (Lipinski definition) is 1. The highest BCUT2D eigenvalue weighted by molar-refractivity contribution is 7.16. The van der Waals surface area contributed by atoms with Crippen LogP contribution < -0.4 is 5.56 Å². The van der Waals surface area contributed by atoms with Crippen LogP contribution in [0, 0.1) is 0 Å². The van der Waals surface area contributed by atoms with Crippen LogP contribution in [-0.2, 0) is 17.9 Å². The van der Waals surface area contributed by atoms with Crippen LogP contribution in [0.2, 0.25) is 0 Å². The molecular weight excluding hydrogens is 292 g/mol. The van der Waals surface area contributed by atoms with E-state index in [1.807, 2.05) is 5.38 Å². The number of nitrogens with zero attached hydrogens (tertiary/aromatic N) is 2. The predicted molar refractivity (Wildman–Crippen MR) is 78.3 cm³/mol. The Morgan fingerprint density at radius 1 is 1.48 bits per heavy atom. The smallest absolute Gasteiger partial charge is 0.262 e. The molecule has 0 saturated heterocycles. The van der Waals surface area contributed by atoms with Gasteiger partial charge in [0.25, 0.3) is 5.56 Å². The highest BCUT2D eigenvalue weighted by Gasteiger charge is 2.10. The van der Waals surface area contributed by atoms with Crippen molar-refractivity contribution in [2.45, 2.75) is 19.3 Å². The Bertz CT molecular complexity index is 763. The van der Waals surface area contributed by atoms with E-state index in [1.54, 1.807) is 24.5 Å². The molecule has 1 N–H and O–H groups in total. The van der Waals surface area contributed by atoms with Crippen molar-refractivity contribution in [3.8, 4) is 0 Å². The van der Waals surface area contributed by atoms with E-state index < -0.39 is 6.10 Å². The molecule has 3 aromatic heterocycles. The summed E-state index contributed by atoms with van der Waals surface area (Å²) in [5, 5.41) is 12.3. The number of aromatic nitrogens is 2. The molecule has 110 valence electrons. The molecule has 0 aromatic carbocycles. The molecule has 0 radical (unpaired) electrons. The normalized spacial score (nSPS) is 12.8. The minimum atomic E-state index is -0.782. The summed E-state index contributed by atoms with van der Waals surface area (Å²) >= 11 is 1.42. The van der Waals surface area contributed by atoms with Crippen LogP contribution in [0.1, 0.15) is 5.76 Å². The molecule has 0 unspecified atom stereocenters. The molecule has 1 atom stereocenters. The first-order valence-electron chi connectivity index (χ1n) is 6.45. The van der Waals surface area contributed by atoms with Crippen molar-refractivity contribution in [3.05, 3.63) is 52.3 Å². The van der Waals surface area contributed by atoms with Gasteiger partial charge >= 0.3 is 0 Å². The maximum atomic E-state index is 12.1. The van der Waals surface area contributed by atoms with E-state index in [0.717, 1.165) is 0 Å². The summed E-state index contributed by atoms with van der Waals surface area (Å²) < 4.78 is 11.9. The van der Waals surface area contributed by atoms with Crippen LogP contribution in [0.25, 0.3) is 10.2 Å². The molecule has 0 amide bonds. The maximum Gasteiger partial charge on any atom is 0.262 e. The average molecular weight is 306 g/mol. The molecule has 0 bridgehead atoms. The summed E-state index contributed by atoms with van der Waals surface area (Å²) in [5.41, 5.74) is -0.147. The fourth-order valence-electron chi connectivity index (χ4n) is 1.99. The van der Waals surface area contributed by atoms with E-state index in [2.05, 4.69) is 4.98 Å². The third kappa shape index (κ3) is 3.21. The molecule has 0 saturated carbocycles. The topological polar surface area (TPSA) is 77.5 Å². The Kier molecular flexibility index (Phi) is 4.14. The second-order valence-corrected chi connectivity index (χ2v) is 5.48. The zero-order chi connectivity index (χ0) is 14.7. The van der Waals surface area contributed by atoms with Gasteiger partial charge in [-0.3, -0.25) is 9.36 Å². The van der Waals surface area contributed by atoms with Crippen LogP contribution in [0.5, 0.6) is 0 Å². The number of thiophene rings is 1. The van der Waals surface area contributed by atoms with E-state index in [9.17, 15) is 9.90 Å². The summed E-state index contributed by atoms with van der Waals surface area (Å²) in [6.07, 6.45) is 2.24. The maximum absolute atomic E-state index is 12.1. The first-order valence-corrected chi connectivity index (χ1v) is 7.33. The summed E-state index contributed by atoms with van der Waals surface area (Å²) in [7, 11) is 0. The second kappa shape index (κ2) is 6.21. The first kappa shape index (κ1) is 14.0. The van der Waals surface area contributed by atoms with Gasteiger partial charge in [0.15, 0.2) is 0 Å². The first-order chi connectivity index (χ1) is 10.2. The van der Waals surface area contributed by atoms with Gasteiger partial charge < -0.3 is 14.3 Å². The van der Waals surface area contributed by atoms with Gasteiger partial charge in [0.1, 0.15) is 17.2 Å². The van der Waals surface area contributed by atoms with E-state index in [-0.39, 0.29) is 18.7 Å². The van der Waals surface area contributed by atoms with Crippen molar-refractivity contribution in [2.24, 2.45) is 0 Å². The van der Waals surface area contributed by atoms with Crippen LogP contribution >= 0.6 is 11.3 Å². The Balaban J connectivity index is 1.59. The lowest BCUT2D eigenvalue weighted by molar-refractivity contribution is 0.0142. The summed E-state index contributed by atoms with van der Waals surface area (Å²) in [4.78, 5) is 17.0. The van der Waals surface area contributed by atoms with E-state index in [4.69, 9.17) is 9.15 Å². The van der Waals surface area contributed by atoms with Crippen molar-refractivity contribution in [1.82, 2.24) is 9.55 Å². The zero-order valence-corrected chi connectivity index (χ0v) is 12.0. The third-order valence-corrected chi connectivity index (χ3v) is 3.81. The molecule has 3 heterocycles. The van der Waals surface area contributed by atoms with E-state index in [1.165, 1.54) is 22.2 Å². The lowest BCUT2D eigenvalue weighted by atomic mass is 10.3. The molecule has 0 fully saturated rings. The number of hydrogen-bond acceptors (Lipinski definition) is 6. The molecule has 3 rings (SSSR count). The Labute approximate surface area is 124 Å². The average Bonchev–Trinajstić information content (AvgIpc) is 3.13. The van der Waals surface area contributed by atoms with Gasteiger partial charge in [0.05, 0.1) is 37.2 Å². The molecule has 6 nitrogen and oxygen atoms in total. The second-order valence-electron chi connectivity index (χ2n) is 4.59. The molecule has 0 aliphatic heterocycles. The quantitative estimate of drug-likeness (QED) is 0.749. The molecule has 7 heteroatoms. The Morgan fingerprint density at radius 2 is 2.38 bits per heavy atom. The molecular formula is C14H14N2O4S. The monoisotopic (exact) mass is 306 g/mol. The molecule has 0 aliphatic rings. The number of furan rings is 1. The third-order valence-electron chi connectivity index (χ3n) is 2.99. The van der Waals surface area contributed by atoms with Gasteiger partial charge in [-0.15, -0.1) is 11.3 Å². The van der Waals surface area contributed by atoms with Crippen molar-refractivity contribution in [1.29, 1.82) is 0 Å². The fraction of sp³-hybridized carbons (Fsp3) is 0.286. The van der Waals surface area contributed by atoms with Gasteiger partial charge in [-0.2, -0.15) is 0 Å². The fourth-order valence-corrected chi connectivity index (χ4v) is 2.72. The Morgan fingerprint density at radius 3 is 3.19 bits per heavy atom. The predicted octanol–water partition coefficient (Wildman–Crippen LogP) is 1.63. The number of rotatable bonds is 6. The van der Waals surface area contributed by atoms with Crippen LogP contribution in [0.4, 0.5) is 0 Å². The van der Waals surface area contributed by atoms with E-state index in [0.29, 0.717) is 22.6 Å². The van der Waals surface area contributed by atoms with Gasteiger partial charge in [-0.25, -0.2) is 4.98 Å². The molecule has 0 aliphatic carbocycles. The zero-order valence-electron chi connectivity index (χ0n) is 11.1. The van der Waals surface area contributed by atoms with Gasteiger partial charge in [-0.1, -0.05) is 0 Å². The lowest BCUT2D eigenvalue weighted by Crippen LogP contribution is -2.29. The highest BCUT2D eigenvalue weighted by atomic mass is 32.1. The number of ether oxygens (including phenoxy) is 1. The number of aliphatic hydroxyl groups is 1. The van der Waals surface area contributed by atoms with Crippen molar-refractivity contribution in [2.75, 3.05) is 6.61 Å². The van der Waals surface area contributed by atoms with Gasteiger partial charge in [0.2, 0.25) is 0 Å². The number of aliphatic hydroxyl groups excluding tert-OH is 1. The molecule has 0 spiro atoms. The standard InChI is InChI=1S/C14H14N2O4S/c17-10(7-19-8-11-2-1-4-20-11)6-16-9-15-13-12(14(16)18)3-5-21-13/h1-5,9-10,17H,6-8H2/t10-/m1/s1. The number of fused-ring (bicyclic) bond motifs is 1. The molecule has 3 aromatic rings. The van der Waals surface area contributed by atoms with Crippen molar-refractivity contribution >= 4 is 21.6 Å². The highest BCUT2D eigenvalue weighted by Crippen LogP contribution is 2.13. The van der Waals surface area contributed by atoms with E-state index >= 15 is 0 Å². The van der Waals surface area contributed by atoms with Crippen molar-refractivity contribution in [3.63, 3.8) is 0 Å². The Hall–Kier alpha value is -1.96. The minimum Gasteiger partial charge on any atom is -0.467 e. The molecule has 21 heavy (non-hydrogen) atoms.